The number of benzene rings is 2. The number of imide groups is 1. The molecule has 0 spiro atoms. The maximum Gasteiger partial charge on any atom is 0.244 e. The minimum Gasteiger partial charge on any atom is -0.454 e. The highest BCUT2D eigenvalue weighted by Crippen LogP contribution is 2.33. The molecule has 0 bridgehead atoms. The first-order valence-corrected chi connectivity index (χ1v) is 13.9. The normalized spacial score (nSPS) is 19.1. The first kappa shape index (κ1) is 30.4. The van der Waals surface area contributed by atoms with Crippen LogP contribution in [0.25, 0.3) is 6.08 Å². The van der Waals surface area contributed by atoms with Crippen LogP contribution in [-0.2, 0) is 24.0 Å². The number of ketones is 1. The Morgan fingerprint density at radius 2 is 1.76 bits per heavy atom. The first-order valence-electron chi connectivity index (χ1n) is 13.9. The van der Waals surface area contributed by atoms with Crippen molar-refractivity contribution in [1.29, 1.82) is 0 Å². The molecule has 2 aromatic rings. The Hall–Kier alpha value is -4.54. The van der Waals surface area contributed by atoms with Crippen LogP contribution < -0.4 is 25.4 Å². The molecule has 222 valence electrons. The van der Waals surface area contributed by atoms with Gasteiger partial charge >= 0.3 is 0 Å². The van der Waals surface area contributed by atoms with Crippen LogP contribution in [-0.4, -0.2) is 42.2 Å². The number of nitrogens with one attached hydrogen (secondary N) is 3. The molecular weight excluding hydrogens is 545 g/mol. The van der Waals surface area contributed by atoms with E-state index >= 15 is 0 Å². The average molecular weight is 580 g/mol. The van der Waals surface area contributed by atoms with Crippen molar-refractivity contribution >= 4 is 35.5 Å². The monoisotopic (exact) mass is 579 g/mol. The lowest BCUT2D eigenvalue weighted by Crippen LogP contribution is -2.50. The van der Waals surface area contributed by atoms with Gasteiger partial charge in [-0.05, 0) is 47.4 Å². The van der Waals surface area contributed by atoms with E-state index in [4.69, 9.17) is 9.47 Å². The number of carbonyl (C=O) groups excluding carboxylic acids is 5. The Kier molecular flexibility index (Phi) is 9.72. The molecular formula is C31H34FN3O7. The molecule has 2 unspecified atom stereocenters. The second-order valence-electron chi connectivity index (χ2n) is 10.4. The standard InChI is InChI=1S/C31H34FN3O7/c1-4-19(5-2)28(29(38)27-17(3)30(39)35-31(27)40)34-26(37)15-22(20-7-6-8-21(32)14-20)33-25(36)12-10-18-9-11-23-24(13-18)42-16-41-23/h6-14,17,19,22,27-28H,4-5,15-16H2,1-3H3,(H,33,36)(H,34,37)(H,35,39,40)/b12-10+/t17-,22?,27+,28?/m0/s1. The van der Waals surface area contributed by atoms with Gasteiger partial charge in [0.05, 0.1) is 24.4 Å². The Morgan fingerprint density at radius 1 is 1.02 bits per heavy atom. The summed E-state index contributed by atoms with van der Waals surface area (Å²) in [6.45, 7) is 5.36. The van der Waals surface area contributed by atoms with Gasteiger partial charge < -0.3 is 20.1 Å². The lowest BCUT2D eigenvalue weighted by molar-refractivity contribution is -0.138. The SMILES string of the molecule is CCC(CC)C(NC(=O)CC(NC(=O)/C=C/c1ccc2c(c1)OCO2)c1cccc(F)c1)C(=O)[C@@H]1C(=O)NC(=O)[C@H]1C. The van der Waals surface area contributed by atoms with E-state index in [1.54, 1.807) is 30.3 Å². The van der Waals surface area contributed by atoms with E-state index in [9.17, 15) is 28.4 Å². The molecule has 2 aromatic carbocycles. The number of hydrogen-bond donors (Lipinski definition) is 3. The summed E-state index contributed by atoms with van der Waals surface area (Å²) >= 11 is 0. The molecule has 42 heavy (non-hydrogen) atoms. The molecule has 10 nitrogen and oxygen atoms in total. The molecule has 11 heteroatoms. The van der Waals surface area contributed by atoms with E-state index in [1.165, 1.54) is 31.2 Å². The topological polar surface area (TPSA) is 140 Å². The van der Waals surface area contributed by atoms with Crippen LogP contribution in [0.1, 0.15) is 57.2 Å². The van der Waals surface area contributed by atoms with Crippen molar-refractivity contribution in [2.24, 2.45) is 17.8 Å². The highest BCUT2D eigenvalue weighted by atomic mass is 19.1. The molecule has 0 radical (unpaired) electrons. The number of Topliss-reactive ketones (excluding diaryl/α,β-unsaturated/α-hetero) is 1. The van der Waals surface area contributed by atoms with Crippen molar-refractivity contribution in [3.05, 3.63) is 65.5 Å². The summed E-state index contributed by atoms with van der Waals surface area (Å²) in [6.07, 6.45) is 3.63. The number of fused-ring (bicyclic) bond motifs is 1. The predicted octanol–water partition coefficient (Wildman–Crippen LogP) is 3.21. The van der Waals surface area contributed by atoms with Gasteiger partial charge in [0.15, 0.2) is 17.3 Å². The Bertz CT molecular complexity index is 1400. The summed E-state index contributed by atoms with van der Waals surface area (Å²) < 4.78 is 24.8. The van der Waals surface area contributed by atoms with Gasteiger partial charge in [0.25, 0.3) is 0 Å². The molecule has 0 saturated carbocycles. The third kappa shape index (κ3) is 7.02. The van der Waals surface area contributed by atoms with Crippen LogP contribution >= 0.6 is 0 Å². The largest absolute Gasteiger partial charge is 0.454 e. The molecule has 4 atom stereocenters. The van der Waals surface area contributed by atoms with Gasteiger partial charge in [-0.25, -0.2) is 4.39 Å². The predicted molar refractivity (Wildman–Crippen MR) is 150 cm³/mol. The zero-order chi connectivity index (χ0) is 30.4. The number of rotatable bonds is 12. The summed E-state index contributed by atoms with van der Waals surface area (Å²) in [4.78, 5) is 64.2. The van der Waals surface area contributed by atoms with Crippen molar-refractivity contribution in [2.45, 2.75) is 52.1 Å². The average Bonchev–Trinajstić information content (AvgIpc) is 3.53. The fourth-order valence-corrected chi connectivity index (χ4v) is 5.24. The maximum absolute atomic E-state index is 14.1. The summed E-state index contributed by atoms with van der Waals surface area (Å²) in [7, 11) is 0. The molecule has 1 fully saturated rings. The molecule has 1 saturated heterocycles. The number of amides is 4. The highest BCUT2D eigenvalue weighted by molar-refractivity contribution is 6.16. The molecule has 0 aliphatic carbocycles. The van der Waals surface area contributed by atoms with Crippen LogP contribution in [0.2, 0.25) is 0 Å². The van der Waals surface area contributed by atoms with Crippen molar-refractivity contribution < 1.29 is 37.8 Å². The molecule has 4 amide bonds. The second kappa shape index (κ2) is 13.4. The van der Waals surface area contributed by atoms with Gasteiger partial charge in [0, 0.05) is 6.08 Å². The van der Waals surface area contributed by atoms with Gasteiger partial charge in [-0.1, -0.05) is 51.8 Å². The van der Waals surface area contributed by atoms with Crippen LogP contribution in [0.3, 0.4) is 0 Å². The fourth-order valence-electron chi connectivity index (χ4n) is 5.24. The van der Waals surface area contributed by atoms with E-state index in [2.05, 4.69) is 16.0 Å². The molecule has 3 N–H and O–H groups in total. The van der Waals surface area contributed by atoms with E-state index in [1.807, 2.05) is 13.8 Å². The quantitative estimate of drug-likeness (QED) is 0.199. The van der Waals surface area contributed by atoms with Crippen molar-refractivity contribution in [3.63, 3.8) is 0 Å². The van der Waals surface area contributed by atoms with E-state index < -0.39 is 59.1 Å². The minimum atomic E-state index is -1.21. The third-order valence-corrected chi connectivity index (χ3v) is 7.67. The minimum absolute atomic E-state index is 0.120. The van der Waals surface area contributed by atoms with Crippen molar-refractivity contribution in [3.8, 4) is 11.5 Å². The Labute approximate surface area is 243 Å². The first-order chi connectivity index (χ1) is 20.1. The van der Waals surface area contributed by atoms with Gasteiger partial charge in [-0.2, -0.15) is 0 Å². The zero-order valence-electron chi connectivity index (χ0n) is 23.6. The Morgan fingerprint density at radius 3 is 2.43 bits per heavy atom. The van der Waals surface area contributed by atoms with Gasteiger partial charge in [-0.15, -0.1) is 0 Å². The highest BCUT2D eigenvalue weighted by Gasteiger charge is 2.47. The van der Waals surface area contributed by atoms with Crippen LogP contribution in [0.15, 0.2) is 48.5 Å². The molecule has 2 aliphatic rings. The van der Waals surface area contributed by atoms with Gasteiger partial charge in [0.2, 0.25) is 30.4 Å². The fraction of sp³-hybridized carbons (Fsp3) is 0.387. The number of halogens is 1. The van der Waals surface area contributed by atoms with Gasteiger partial charge in [0.1, 0.15) is 11.7 Å². The number of ether oxygens (including phenoxy) is 2. The lowest BCUT2D eigenvalue weighted by Gasteiger charge is -2.28. The molecule has 4 rings (SSSR count). The Balaban J connectivity index is 1.51. The lowest BCUT2D eigenvalue weighted by atomic mass is 9.81. The molecule has 2 heterocycles. The summed E-state index contributed by atoms with van der Waals surface area (Å²) in [5, 5.41) is 7.68. The van der Waals surface area contributed by atoms with E-state index in [0.717, 1.165) is 0 Å². The maximum atomic E-state index is 14.1. The summed E-state index contributed by atoms with van der Waals surface area (Å²) in [6, 6.07) is 8.77. The van der Waals surface area contributed by atoms with Crippen LogP contribution in [0.4, 0.5) is 4.39 Å². The molecule has 2 aliphatic heterocycles. The zero-order valence-corrected chi connectivity index (χ0v) is 23.6. The third-order valence-electron chi connectivity index (χ3n) is 7.67. The van der Waals surface area contributed by atoms with Crippen LogP contribution in [0.5, 0.6) is 11.5 Å². The second-order valence-corrected chi connectivity index (χ2v) is 10.4. The van der Waals surface area contributed by atoms with Crippen molar-refractivity contribution in [2.75, 3.05) is 6.79 Å². The number of hydrogen-bond acceptors (Lipinski definition) is 7. The van der Waals surface area contributed by atoms with Gasteiger partial charge in [-0.3, -0.25) is 29.3 Å². The van der Waals surface area contributed by atoms with Crippen LogP contribution in [0, 0.1) is 23.6 Å². The number of carbonyl (C=O) groups is 5. The summed E-state index contributed by atoms with van der Waals surface area (Å²) in [5.41, 5.74) is 1.04. The smallest absolute Gasteiger partial charge is 0.244 e. The molecule has 0 aromatic heterocycles. The van der Waals surface area contributed by atoms with E-state index in [0.29, 0.717) is 35.5 Å². The summed E-state index contributed by atoms with van der Waals surface area (Å²) in [5.74, 6) is -4.58. The van der Waals surface area contributed by atoms with Crippen molar-refractivity contribution in [1.82, 2.24) is 16.0 Å². The van der Waals surface area contributed by atoms with E-state index in [-0.39, 0.29) is 19.1 Å².